The molecule has 0 aromatic carbocycles. The van der Waals surface area contributed by atoms with E-state index >= 15 is 0 Å². The maximum absolute atomic E-state index is 4.57. The number of hydrogen-bond acceptors (Lipinski definition) is 6. The van der Waals surface area contributed by atoms with Gasteiger partial charge in [-0.05, 0) is 0 Å². The second kappa shape index (κ2) is 4.75. The van der Waals surface area contributed by atoms with Crippen LogP contribution in [0.5, 0.6) is 0 Å². The highest BCUT2D eigenvalue weighted by Gasteiger charge is 2.38. The number of rotatable bonds is 2. The van der Waals surface area contributed by atoms with Gasteiger partial charge in [-0.3, -0.25) is 0 Å². The van der Waals surface area contributed by atoms with Gasteiger partial charge >= 0.3 is 0 Å². The lowest BCUT2D eigenvalue weighted by Gasteiger charge is -2.39. The van der Waals surface area contributed by atoms with Crippen molar-refractivity contribution in [3.63, 3.8) is 0 Å². The molecular formula is C6H12S6. The van der Waals surface area contributed by atoms with Gasteiger partial charge in [-0.2, -0.15) is 50.5 Å². The molecule has 0 N–H and O–H groups in total. The van der Waals surface area contributed by atoms with Gasteiger partial charge < -0.3 is 0 Å². The van der Waals surface area contributed by atoms with E-state index in [2.05, 4.69) is 50.5 Å². The fourth-order valence-electron chi connectivity index (χ4n) is 0.760. The summed E-state index contributed by atoms with van der Waals surface area (Å²) in [5.74, 6) is 3.61. The van der Waals surface area contributed by atoms with Crippen LogP contribution in [0.1, 0.15) is 0 Å². The fourth-order valence-corrected chi connectivity index (χ4v) is 5.00. The normalized spacial score (nSPS) is 43.0. The average molecular weight is 277 g/mol. The largest absolute Gasteiger partial charge is 0.177 e. The Bertz CT molecular complexity index is 132. The Hall–Kier alpha value is 2.10. The second-order valence-electron chi connectivity index (χ2n) is 2.79. The molecule has 1 rings (SSSR count). The first-order valence-electron chi connectivity index (χ1n) is 3.48. The van der Waals surface area contributed by atoms with E-state index in [0.717, 1.165) is 23.0 Å². The summed E-state index contributed by atoms with van der Waals surface area (Å²) in [5.41, 5.74) is 0. The average Bonchev–Trinajstić information content (AvgIpc) is 2.11. The molecule has 1 fully saturated rings. The molecule has 0 aliphatic carbocycles. The van der Waals surface area contributed by atoms with Crippen LogP contribution in [0, 0.1) is 0 Å². The number of hydrogen-bond donors (Lipinski definition) is 4. The van der Waals surface area contributed by atoms with Crippen LogP contribution >= 0.6 is 74.0 Å². The Morgan fingerprint density at radius 1 is 0.917 bits per heavy atom. The zero-order valence-electron chi connectivity index (χ0n) is 6.43. The lowest BCUT2D eigenvalue weighted by Crippen LogP contribution is -2.37. The van der Waals surface area contributed by atoms with Crippen LogP contribution in [0.4, 0.5) is 0 Å². The van der Waals surface area contributed by atoms with E-state index in [1.54, 1.807) is 0 Å². The van der Waals surface area contributed by atoms with Gasteiger partial charge in [0.2, 0.25) is 0 Å². The molecule has 0 spiro atoms. The minimum atomic E-state index is 0.0307. The summed E-state index contributed by atoms with van der Waals surface area (Å²) < 4.78 is 0.0614. The first kappa shape index (κ1) is 12.2. The summed E-state index contributed by atoms with van der Waals surface area (Å²) in [6.07, 6.45) is 0. The van der Waals surface area contributed by atoms with E-state index in [9.17, 15) is 0 Å². The van der Waals surface area contributed by atoms with Crippen molar-refractivity contribution in [2.45, 2.75) is 8.16 Å². The van der Waals surface area contributed by atoms with Crippen molar-refractivity contribution in [2.75, 3.05) is 23.0 Å². The van der Waals surface area contributed by atoms with Crippen LogP contribution in [0.2, 0.25) is 0 Å². The van der Waals surface area contributed by atoms with Gasteiger partial charge in [0.15, 0.2) is 0 Å². The van der Waals surface area contributed by atoms with Crippen LogP contribution in [0.3, 0.4) is 0 Å². The topological polar surface area (TPSA) is 0 Å². The van der Waals surface area contributed by atoms with Crippen LogP contribution in [0.25, 0.3) is 0 Å². The van der Waals surface area contributed by atoms with E-state index in [4.69, 9.17) is 0 Å². The number of thioether (sulfide) groups is 2. The molecule has 2 atom stereocenters. The molecule has 0 bridgehead atoms. The molecule has 1 aliphatic rings. The van der Waals surface area contributed by atoms with Gasteiger partial charge in [0.1, 0.15) is 0 Å². The number of thiol groups is 4. The Balaban J connectivity index is 2.49. The minimum absolute atomic E-state index is 0.0307. The molecule has 0 radical (unpaired) electrons. The maximum Gasteiger partial charge on any atom is 0.0760 e. The second-order valence-corrected chi connectivity index (χ2v) is 8.45. The Kier molecular flexibility index (Phi) is 4.81. The molecule has 0 nitrogen and oxygen atoms in total. The van der Waals surface area contributed by atoms with Crippen molar-refractivity contribution in [1.82, 2.24) is 0 Å². The molecule has 0 aromatic heterocycles. The SMILES string of the molecule is SCC1(S)CSC(S)(CS)CS1. The first-order valence-corrected chi connectivity index (χ1v) is 7.61. The third-order valence-corrected chi connectivity index (χ3v) is 8.76. The van der Waals surface area contributed by atoms with E-state index in [1.165, 1.54) is 0 Å². The standard InChI is InChI=1S/C6H12S6/c7-1-5(9)3-12-6(10,2-8)4-11-5/h7-10H,1-4H2. The molecule has 0 saturated carbocycles. The van der Waals surface area contributed by atoms with Crippen LogP contribution in [0.15, 0.2) is 0 Å². The summed E-state index contributed by atoms with van der Waals surface area (Å²) in [6.45, 7) is 0. The Morgan fingerprint density at radius 3 is 1.42 bits per heavy atom. The van der Waals surface area contributed by atoms with Gasteiger partial charge in [-0.15, -0.1) is 23.5 Å². The Morgan fingerprint density at radius 2 is 1.25 bits per heavy atom. The highest BCUT2D eigenvalue weighted by molar-refractivity contribution is 8.20. The molecule has 1 saturated heterocycles. The van der Waals surface area contributed by atoms with Gasteiger partial charge in [0.25, 0.3) is 0 Å². The molecule has 1 heterocycles. The lowest BCUT2D eigenvalue weighted by atomic mass is 10.5. The van der Waals surface area contributed by atoms with Crippen molar-refractivity contribution >= 4 is 74.0 Å². The molecule has 0 amide bonds. The predicted octanol–water partition coefficient (Wildman–Crippen LogP) is 2.58. The van der Waals surface area contributed by atoms with Crippen LogP contribution < -0.4 is 0 Å². The van der Waals surface area contributed by atoms with Crippen molar-refractivity contribution in [2.24, 2.45) is 0 Å². The molecule has 6 heteroatoms. The van der Waals surface area contributed by atoms with E-state index in [0.29, 0.717) is 0 Å². The zero-order valence-corrected chi connectivity index (χ0v) is 11.6. The molecule has 2 unspecified atom stereocenters. The first-order chi connectivity index (χ1) is 5.54. The molecule has 72 valence electrons. The van der Waals surface area contributed by atoms with Crippen molar-refractivity contribution in [1.29, 1.82) is 0 Å². The van der Waals surface area contributed by atoms with Gasteiger partial charge in [-0.25, -0.2) is 0 Å². The van der Waals surface area contributed by atoms with Crippen LogP contribution in [-0.4, -0.2) is 31.2 Å². The highest BCUT2D eigenvalue weighted by atomic mass is 32.2. The van der Waals surface area contributed by atoms with E-state index in [1.807, 2.05) is 23.5 Å². The van der Waals surface area contributed by atoms with Gasteiger partial charge in [0, 0.05) is 23.0 Å². The highest BCUT2D eigenvalue weighted by Crippen LogP contribution is 2.48. The smallest absolute Gasteiger partial charge is 0.0760 e. The summed E-state index contributed by atoms with van der Waals surface area (Å²) in [5, 5.41) is 0. The fraction of sp³-hybridized carbons (Fsp3) is 1.00. The third-order valence-electron chi connectivity index (χ3n) is 1.63. The van der Waals surface area contributed by atoms with Crippen molar-refractivity contribution < 1.29 is 0 Å². The van der Waals surface area contributed by atoms with Crippen molar-refractivity contribution in [3.05, 3.63) is 0 Å². The minimum Gasteiger partial charge on any atom is -0.177 e. The lowest BCUT2D eigenvalue weighted by molar-refractivity contribution is 0.988. The quantitative estimate of drug-likeness (QED) is 0.573. The van der Waals surface area contributed by atoms with Crippen LogP contribution in [-0.2, 0) is 0 Å². The predicted molar refractivity (Wildman–Crippen MR) is 76.1 cm³/mol. The van der Waals surface area contributed by atoms with E-state index < -0.39 is 0 Å². The van der Waals surface area contributed by atoms with Crippen molar-refractivity contribution in [3.8, 4) is 0 Å². The molecule has 12 heavy (non-hydrogen) atoms. The zero-order chi connectivity index (χ0) is 9.24. The van der Waals surface area contributed by atoms with Gasteiger partial charge in [-0.1, -0.05) is 0 Å². The molecule has 1 aliphatic heterocycles. The Labute approximate surface area is 104 Å². The summed E-state index contributed by atoms with van der Waals surface area (Å²) >= 11 is 21.4. The monoisotopic (exact) mass is 276 g/mol. The summed E-state index contributed by atoms with van der Waals surface area (Å²) in [4.78, 5) is 0. The molecule has 0 aromatic rings. The summed E-state index contributed by atoms with van der Waals surface area (Å²) in [7, 11) is 0. The third kappa shape index (κ3) is 3.05. The van der Waals surface area contributed by atoms with Gasteiger partial charge in [0.05, 0.1) is 8.16 Å². The van der Waals surface area contributed by atoms with E-state index in [-0.39, 0.29) is 8.16 Å². The summed E-state index contributed by atoms with van der Waals surface area (Å²) in [6, 6.07) is 0. The molecular weight excluding hydrogens is 264 g/mol. The maximum atomic E-state index is 4.57.